The van der Waals surface area contributed by atoms with Crippen molar-refractivity contribution in [1.29, 1.82) is 0 Å². The van der Waals surface area contributed by atoms with Crippen LogP contribution in [-0.2, 0) is 12.8 Å². The van der Waals surface area contributed by atoms with E-state index in [0.29, 0.717) is 18.7 Å². The second-order valence-corrected chi connectivity index (χ2v) is 14.1. The average Bonchev–Trinajstić information content (AvgIpc) is 3.73. The molecule has 0 unspecified atom stereocenters. The van der Waals surface area contributed by atoms with E-state index >= 15 is 0 Å². The Balaban J connectivity index is 0.921. The predicted molar refractivity (Wildman–Crippen MR) is 188 cm³/mol. The van der Waals surface area contributed by atoms with Gasteiger partial charge in [0.05, 0.1) is 23.4 Å². The number of hydrogen-bond acceptors (Lipinski definition) is 11. The van der Waals surface area contributed by atoms with Crippen LogP contribution >= 0.6 is 22.7 Å². The number of benzene rings is 2. The number of aromatic nitrogens is 4. The summed E-state index contributed by atoms with van der Waals surface area (Å²) in [7, 11) is 2.14. The Labute approximate surface area is 282 Å². The number of nitrogens with one attached hydrogen (secondary N) is 1. The number of piperazine rings is 1. The first-order chi connectivity index (χ1) is 23.0. The molecule has 2 aromatic carbocycles. The van der Waals surface area contributed by atoms with E-state index in [0.717, 1.165) is 101 Å². The van der Waals surface area contributed by atoms with E-state index in [-0.39, 0.29) is 11.6 Å². The van der Waals surface area contributed by atoms with Crippen LogP contribution in [0.3, 0.4) is 0 Å². The fourth-order valence-electron chi connectivity index (χ4n) is 5.83. The number of ether oxygens (including phenoxy) is 1. The first-order valence-corrected chi connectivity index (χ1v) is 17.7. The molecule has 0 spiro atoms. The summed E-state index contributed by atoms with van der Waals surface area (Å²) in [4.78, 5) is 17.4. The van der Waals surface area contributed by atoms with E-state index < -0.39 is 0 Å². The number of nitrogens with zero attached hydrogens (tertiary/aromatic N) is 7. The second-order valence-electron chi connectivity index (χ2n) is 11.9. The third-order valence-corrected chi connectivity index (χ3v) is 10.6. The predicted octanol–water partition coefficient (Wildman–Crippen LogP) is 6.43. The van der Waals surface area contributed by atoms with Crippen LogP contribution in [-0.4, -0.2) is 82.9 Å². The number of thiazole rings is 2. The number of anilines is 4. The second kappa shape index (κ2) is 14.3. The highest BCUT2D eigenvalue weighted by Crippen LogP contribution is 2.38. The Hall–Kier alpha value is -4.15. The SMILES string of the molecule is Cc1c(Nc2nc3ccccc3s2)nnc2c1CCCN2c1ncc(CCCOc2ccc(C#CCN3CCN(C)CC3)cc2F)s1. The van der Waals surface area contributed by atoms with Gasteiger partial charge in [-0.3, -0.25) is 4.90 Å². The fraction of sp³-hybridized carbons (Fsp3) is 0.371. The van der Waals surface area contributed by atoms with E-state index in [2.05, 4.69) is 62.1 Å². The Morgan fingerprint density at radius 3 is 2.77 bits per heavy atom. The molecule has 5 heterocycles. The Kier molecular flexibility index (Phi) is 9.58. The van der Waals surface area contributed by atoms with Crippen molar-refractivity contribution in [3.8, 4) is 17.6 Å². The molecule has 0 atom stereocenters. The van der Waals surface area contributed by atoms with Gasteiger partial charge >= 0.3 is 0 Å². The lowest BCUT2D eigenvalue weighted by molar-refractivity contribution is 0.168. The number of likely N-dealkylation sites (N-methyl/N-ethyl adjacent to an activating group) is 1. The lowest BCUT2D eigenvalue weighted by atomic mass is 10.0. The van der Waals surface area contributed by atoms with Crippen molar-refractivity contribution < 1.29 is 9.13 Å². The quantitative estimate of drug-likeness (QED) is 0.141. The standard InChI is InChI=1S/C35H37FN8OS2/c1-24-27-10-6-16-44(33(27)41-40-32(24)39-34-38-29-11-3-4-12-31(29)47-34)35-37-23-26(46-35)9-7-21-45-30-14-13-25(22-28(30)36)8-5-15-43-19-17-42(2)18-20-43/h3-4,11-14,22-23H,6-7,9-10,15-21H2,1-2H3,(H,38,39,40). The topological polar surface area (TPSA) is 82.5 Å². The molecule has 0 bridgehead atoms. The molecule has 5 aromatic rings. The smallest absolute Gasteiger partial charge is 0.191 e. The van der Waals surface area contributed by atoms with E-state index in [4.69, 9.17) is 14.7 Å². The Morgan fingerprint density at radius 2 is 1.91 bits per heavy atom. The molecule has 0 radical (unpaired) electrons. The van der Waals surface area contributed by atoms with Gasteiger partial charge in [-0.2, -0.15) is 0 Å². The zero-order chi connectivity index (χ0) is 32.2. The molecule has 2 aliphatic rings. The zero-order valence-electron chi connectivity index (χ0n) is 26.6. The van der Waals surface area contributed by atoms with Crippen molar-refractivity contribution in [2.45, 2.75) is 32.6 Å². The van der Waals surface area contributed by atoms with Crippen molar-refractivity contribution >= 4 is 54.8 Å². The van der Waals surface area contributed by atoms with Crippen LogP contribution in [0.15, 0.2) is 48.7 Å². The molecular formula is C35H37FN8OS2. The molecule has 2 aliphatic heterocycles. The number of rotatable bonds is 9. The number of para-hydroxylation sites is 1. The number of aryl methyl sites for hydroxylation is 1. The molecule has 7 rings (SSSR count). The van der Waals surface area contributed by atoms with Crippen molar-refractivity contribution in [2.75, 3.05) is 63.1 Å². The molecule has 3 aromatic heterocycles. The fourth-order valence-corrected chi connectivity index (χ4v) is 7.68. The van der Waals surface area contributed by atoms with Gasteiger partial charge in [-0.1, -0.05) is 35.3 Å². The van der Waals surface area contributed by atoms with Crippen LogP contribution in [0.2, 0.25) is 0 Å². The van der Waals surface area contributed by atoms with Crippen LogP contribution in [0.5, 0.6) is 5.75 Å². The summed E-state index contributed by atoms with van der Waals surface area (Å²) in [6.07, 6.45) is 5.43. The lowest BCUT2D eigenvalue weighted by Crippen LogP contribution is -2.44. The van der Waals surface area contributed by atoms with Crippen molar-refractivity contribution in [1.82, 2.24) is 30.0 Å². The Morgan fingerprint density at radius 1 is 1.04 bits per heavy atom. The molecule has 242 valence electrons. The largest absolute Gasteiger partial charge is 0.491 e. The summed E-state index contributed by atoms with van der Waals surface area (Å²) < 4.78 is 21.6. The van der Waals surface area contributed by atoms with Crippen LogP contribution in [0.1, 0.15) is 34.4 Å². The van der Waals surface area contributed by atoms with Gasteiger partial charge in [-0.15, -0.1) is 21.5 Å². The summed E-state index contributed by atoms with van der Waals surface area (Å²) in [6.45, 7) is 8.20. The maximum Gasteiger partial charge on any atom is 0.191 e. The van der Waals surface area contributed by atoms with Crippen LogP contribution in [0.25, 0.3) is 10.2 Å². The van der Waals surface area contributed by atoms with Gasteiger partial charge in [0, 0.05) is 60.5 Å². The zero-order valence-corrected chi connectivity index (χ0v) is 28.3. The summed E-state index contributed by atoms with van der Waals surface area (Å²) >= 11 is 3.27. The molecule has 12 heteroatoms. The molecule has 0 amide bonds. The maximum absolute atomic E-state index is 14.7. The first kappa shape index (κ1) is 31.4. The normalized spacial score (nSPS) is 15.3. The molecule has 0 saturated carbocycles. The van der Waals surface area contributed by atoms with Gasteiger partial charge in [-0.25, -0.2) is 14.4 Å². The van der Waals surface area contributed by atoms with Crippen molar-refractivity contribution in [3.63, 3.8) is 0 Å². The van der Waals surface area contributed by atoms with E-state index in [1.807, 2.05) is 30.5 Å². The van der Waals surface area contributed by atoms with Gasteiger partial charge in [0.15, 0.2) is 33.5 Å². The van der Waals surface area contributed by atoms with Gasteiger partial charge in [0.1, 0.15) is 0 Å². The van der Waals surface area contributed by atoms with Crippen molar-refractivity contribution in [2.24, 2.45) is 0 Å². The molecule has 1 fully saturated rings. The van der Waals surface area contributed by atoms with Crippen LogP contribution in [0, 0.1) is 24.6 Å². The maximum atomic E-state index is 14.7. The summed E-state index contributed by atoms with van der Waals surface area (Å²) in [6, 6.07) is 13.1. The summed E-state index contributed by atoms with van der Waals surface area (Å²) in [5.74, 6) is 7.77. The third-order valence-electron chi connectivity index (χ3n) is 8.57. The molecule has 1 saturated heterocycles. The number of fused-ring (bicyclic) bond motifs is 2. The number of hydrogen-bond donors (Lipinski definition) is 1. The monoisotopic (exact) mass is 668 g/mol. The molecule has 47 heavy (non-hydrogen) atoms. The van der Waals surface area contributed by atoms with E-state index in [1.54, 1.807) is 28.7 Å². The highest BCUT2D eigenvalue weighted by Gasteiger charge is 2.26. The van der Waals surface area contributed by atoms with Crippen molar-refractivity contribution in [3.05, 3.63) is 76.0 Å². The van der Waals surface area contributed by atoms with Crippen LogP contribution < -0.4 is 15.0 Å². The molecular weight excluding hydrogens is 632 g/mol. The minimum atomic E-state index is -0.380. The minimum absolute atomic E-state index is 0.260. The van der Waals surface area contributed by atoms with Gasteiger partial charge in [-0.05, 0) is 70.0 Å². The van der Waals surface area contributed by atoms with Gasteiger partial charge in [0.2, 0.25) is 0 Å². The van der Waals surface area contributed by atoms with E-state index in [1.165, 1.54) is 11.6 Å². The highest BCUT2D eigenvalue weighted by molar-refractivity contribution is 7.22. The summed E-state index contributed by atoms with van der Waals surface area (Å²) in [5.41, 5.74) is 3.92. The van der Waals surface area contributed by atoms with Gasteiger partial charge < -0.3 is 19.9 Å². The van der Waals surface area contributed by atoms with E-state index in [9.17, 15) is 4.39 Å². The number of halogens is 1. The Bertz CT molecular complexity index is 1890. The molecule has 9 nitrogen and oxygen atoms in total. The summed E-state index contributed by atoms with van der Waals surface area (Å²) in [5, 5.41) is 14.3. The molecule has 1 N–H and O–H groups in total. The van der Waals surface area contributed by atoms with Gasteiger partial charge in [0.25, 0.3) is 0 Å². The third kappa shape index (κ3) is 7.39. The molecule has 0 aliphatic carbocycles. The first-order valence-electron chi connectivity index (χ1n) is 16.0. The lowest BCUT2D eigenvalue weighted by Gasteiger charge is -2.30. The minimum Gasteiger partial charge on any atom is -0.491 e. The highest BCUT2D eigenvalue weighted by atomic mass is 32.1. The average molecular weight is 669 g/mol. The van der Waals surface area contributed by atoms with Crippen LogP contribution in [0.4, 0.5) is 26.3 Å².